The third-order valence-corrected chi connectivity index (χ3v) is 5.02. The van der Waals surface area contributed by atoms with Gasteiger partial charge in [0.2, 0.25) is 0 Å². The van der Waals surface area contributed by atoms with Crippen LogP contribution in [-0.4, -0.2) is 20.3 Å². The van der Waals surface area contributed by atoms with E-state index in [0.29, 0.717) is 16.5 Å². The number of hydrogen-bond donors (Lipinski definition) is 1. The first-order valence-corrected chi connectivity index (χ1v) is 9.93. The first-order valence-electron chi connectivity index (χ1n) is 9.55. The highest BCUT2D eigenvalue weighted by Gasteiger charge is 2.14. The van der Waals surface area contributed by atoms with Crippen LogP contribution in [-0.2, 0) is 6.73 Å². The maximum absolute atomic E-state index is 12.6. The Hall–Kier alpha value is -3.51. The van der Waals surface area contributed by atoms with E-state index >= 15 is 0 Å². The van der Waals surface area contributed by atoms with Gasteiger partial charge in [-0.2, -0.15) is 5.10 Å². The van der Waals surface area contributed by atoms with Crippen LogP contribution in [0.1, 0.15) is 29.0 Å². The SMILES string of the molecule is CC(NC(=O)c1ccn(COc2ccccc2Cl)n1)c1ccc(-n2cccc2)cc1. The summed E-state index contributed by atoms with van der Waals surface area (Å²) < 4.78 is 9.23. The second-order valence-corrected chi connectivity index (χ2v) is 7.23. The van der Waals surface area contributed by atoms with Crippen LogP contribution in [0.15, 0.2) is 85.3 Å². The largest absolute Gasteiger partial charge is 0.470 e. The Kier molecular flexibility index (Phi) is 5.86. The van der Waals surface area contributed by atoms with E-state index in [9.17, 15) is 4.79 Å². The zero-order valence-electron chi connectivity index (χ0n) is 16.4. The van der Waals surface area contributed by atoms with Crippen LogP contribution in [0.3, 0.4) is 0 Å². The Morgan fingerprint density at radius 1 is 1.03 bits per heavy atom. The van der Waals surface area contributed by atoms with E-state index in [4.69, 9.17) is 16.3 Å². The smallest absolute Gasteiger partial charge is 0.272 e. The maximum Gasteiger partial charge on any atom is 0.272 e. The van der Waals surface area contributed by atoms with Gasteiger partial charge in [-0.25, -0.2) is 4.68 Å². The Bertz CT molecular complexity index is 1120. The lowest BCUT2D eigenvalue weighted by Crippen LogP contribution is -2.27. The normalized spacial score (nSPS) is 11.8. The summed E-state index contributed by atoms with van der Waals surface area (Å²) in [6.07, 6.45) is 5.68. The molecule has 0 bridgehead atoms. The van der Waals surface area contributed by atoms with Crippen LogP contribution >= 0.6 is 11.6 Å². The molecule has 1 atom stereocenters. The van der Waals surface area contributed by atoms with Crippen molar-refractivity contribution >= 4 is 17.5 Å². The molecule has 2 aromatic heterocycles. The van der Waals surface area contributed by atoms with E-state index in [-0.39, 0.29) is 18.7 Å². The second-order valence-electron chi connectivity index (χ2n) is 6.82. The van der Waals surface area contributed by atoms with Gasteiger partial charge in [0.15, 0.2) is 6.73 Å². The maximum atomic E-state index is 12.6. The first kappa shape index (κ1) is 19.8. The average molecular weight is 421 g/mol. The van der Waals surface area contributed by atoms with Crippen molar-refractivity contribution in [3.63, 3.8) is 0 Å². The zero-order valence-corrected chi connectivity index (χ0v) is 17.2. The molecule has 0 aliphatic heterocycles. The van der Waals surface area contributed by atoms with Crippen molar-refractivity contribution < 1.29 is 9.53 Å². The van der Waals surface area contributed by atoms with E-state index < -0.39 is 0 Å². The molecule has 0 radical (unpaired) electrons. The Morgan fingerprint density at radius 2 is 1.77 bits per heavy atom. The van der Waals surface area contributed by atoms with Crippen molar-refractivity contribution in [2.45, 2.75) is 19.7 Å². The molecule has 2 heterocycles. The van der Waals surface area contributed by atoms with Crippen LogP contribution in [0.2, 0.25) is 5.02 Å². The average Bonchev–Trinajstić information content (AvgIpc) is 3.46. The molecule has 30 heavy (non-hydrogen) atoms. The fraction of sp³-hybridized carbons (Fsp3) is 0.130. The van der Waals surface area contributed by atoms with Gasteiger partial charge in [-0.3, -0.25) is 4.79 Å². The molecule has 0 aliphatic rings. The molecule has 7 heteroatoms. The number of para-hydroxylation sites is 1. The molecular weight excluding hydrogens is 400 g/mol. The molecule has 2 aromatic carbocycles. The highest BCUT2D eigenvalue weighted by Crippen LogP contribution is 2.23. The van der Waals surface area contributed by atoms with E-state index in [1.54, 1.807) is 29.1 Å². The standard InChI is InChI=1S/C23H21ClN4O2/c1-17(18-8-10-19(11-9-18)27-13-4-5-14-27)25-23(29)21-12-15-28(26-21)16-30-22-7-3-2-6-20(22)24/h2-15,17H,16H2,1H3,(H,25,29). The third-order valence-electron chi connectivity index (χ3n) is 4.71. The molecular formula is C23H21ClN4O2. The molecule has 0 fully saturated rings. The predicted octanol–water partition coefficient (Wildman–Crippen LogP) is 4.85. The molecule has 6 nitrogen and oxygen atoms in total. The molecule has 1 unspecified atom stereocenters. The monoisotopic (exact) mass is 420 g/mol. The molecule has 4 aromatic rings. The molecule has 4 rings (SSSR count). The van der Waals surface area contributed by atoms with Crippen molar-refractivity contribution in [2.75, 3.05) is 0 Å². The van der Waals surface area contributed by atoms with Crippen LogP contribution < -0.4 is 10.1 Å². The Labute approximate surface area is 179 Å². The summed E-state index contributed by atoms with van der Waals surface area (Å²) in [5, 5.41) is 7.79. The lowest BCUT2D eigenvalue weighted by Gasteiger charge is -2.14. The summed E-state index contributed by atoms with van der Waals surface area (Å²) in [7, 11) is 0. The fourth-order valence-electron chi connectivity index (χ4n) is 3.05. The number of nitrogens with one attached hydrogen (secondary N) is 1. The number of halogens is 1. The quantitative estimate of drug-likeness (QED) is 0.464. The number of rotatable bonds is 7. The molecule has 0 spiro atoms. The highest BCUT2D eigenvalue weighted by atomic mass is 35.5. The molecule has 0 aliphatic carbocycles. The van der Waals surface area contributed by atoms with Gasteiger partial charge in [0, 0.05) is 24.3 Å². The molecule has 0 saturated heterocycles. The van der Waals surface area contributed by atoms with Crippen LogP contribution in [0.4, 0.5) is 0 Å². The van der Waals surface area contributed by atoms with E-state index in [2.05, 4.69) is 10.4 Å². The van der Waals surface area contributed by atoms with Crippen molar-refractivity contribution in [1.29, 1.82) is 0 Å². The number of carbonyl (C=O) groups is 1. The van der Waals surface area contributed by atoms with Gasteiger partial charge in [-0.1, -0.05) is 35.9 Å². The number of benzene rings is 2. The molecule has 0 saturated carbocycles. The summed E-state index contributed by atoms with van der Waals surface area (Å²) in [6, 6.07) is 20.8. The van der Waals surface area contributed by atoms with E-state index in [1.165, 1.54) is 0 Å². The second kappa shape index (κ2) is 8.88. The summed E-state index contributed by atoms with van der Waals surface area (Å²) in [4.78, 5) is 12.6. The van der Waals surface area contributed by atoms with Crippen molar-refractivity contribution in [2.24, 2.45) is 0 Å². The summed E-state index contributed by atoms with van der Waals surface area (Å²) in [6.45, 7) is 2.10. The van der Waals surface area contributed by atoms with Gasteiger partial charge in [-0.15, -0.1) is 0 Å². The van der Waals surface area contributed by atoms with Gasteiger partial charge in [0.05, 0.1) is 11.1 Å². The van der Waals surface area contributed by atoms with Crippen LogP contribution in [0, 0.1) is 0 Å². The van der Waals surface area contributed by atoms with Crippen LogP contribution in [0.25, 0.3) is 5.69 Å². The number of hydrogen-bond acceptors (Lipinski definition) is 3. The minimum Gasteiger partial charge on any atom is -0.470 e. The lowest BCUT2D eigenvalue weighted by atomic mass is 10.1. The number of carbonyl (C=O) groups excluding carboxylic acids is 1. The van der Waals surface area contributed by atoms with Crippen molar-refractivity contribution in [3.8, 4) is 11.4 Å². The Morgan fingerprint density at radius 3 is 2.50 bits per heavy atom. The Balaban J connectivity index is 1.35. The minimum absolute atomic E-state index is 0.152. The van der Waals surface area contributed by atoms with E-state index in [0.717, 1.165) is 11.3 Å². The zero-order chi connectivity index (χ0) is 20.9. The summed E-state index contributed by atoms with van der Waals surface area (Å²) in [5.41, 5.74) is 2.41. The van der Waals surface area contributed by atoms with Gasteiger partial charge >= 0.3 is 0 Å². The molecule has 1 N–H and O–H groups in total. The minimum atomic E-state index is -0.242. The highest BCUT2D eigenvalue weighted by molar-refractivity contribution is 6.32. The van der Waals surface area contributed by atoms with Gasteiger partial charge in [-0.05, 0) is 55.0 Å². The molecule has 152 valence electrons. The summed E-state index contributed by atoms with van der Waals surface area (Å²) in [5.74, 6) is 0.325. The summed E-state index contributed by atoms with van der Waals surface area (Å²) >= 11 is 6.08. The number of nitrogens with zero attached hydrogens (tertiary/aromatic N) is 3. The number of aromatic nitrogens is 3. The molecule has 1 amide bonds. The first-order chi connectivity index (χ1) is 14.6. The fourth-order valence-corrected chi connectivity index (χ4v) is 3.24. The van der Waals surface area contributed by atoms with Crippen LogP contribution in [0.5, 0.6) is 5.75 Å². The van der Waals surface area contributed by atoms with Crippen molar-refractivity contribution in [3.05, 3.63) is 102 Å². The van der Waals surface area contributed by atoms with Gasteiger partial charge in [0.1, 0.15) is 11.4 Å². The number of amides is 1. The van der Waals surface area contributed by atoms with Crippen molar-refractivity contribution in [1.82, 2.24) is 19.7 Å². The topological polar surface area (TPSA) is 61.1 Å². The lowest BCUT2D eigenvalue weighted by molar-refractivity contribution is 0.0932. The number of ether oxygens (including phenoxy) is 1. The van der Waals surface area contributed by atoms with Gasteiger partial charge < -0.3 is 14.6 Å². The third kappa shape index (κ3) is 4.55. The van der Waals surface area contributed by atoms with E-state index in [1.807, 2.05) is 72.4 Å². The predicted molar refractivity (Wildman–Crippen MR) is 116 cm³/mol. The van der Waals surface area contributed by atoms with Gasteiger partial charge in [0.25, 0.3) is 5.91 Å².